The van der Waals surface area contributed by atoms with Gasteiger partial charge in [0, 0.05) is 30.4 Å². The maximum absolute atomic E-state index is 14.6. The van der Waals surface area contributed by atoms with Gasteiger partial charge in [-0.3, -0.25) is 14.6 Å². The van der Waals surface area contributed by atoms with Crippen molar-refractivity contribution in [2.24, 2.45) is 5.41 Å². The van der Waals surface area contributed by atoms with Crippen molar-refractivity contribution in [3.8, 4) is 0 Å². The van der Waals surface area contributed by atoms with Gasteiger partial charge in [-0.05, 0) is 95.4 Å². The minimum absolute atomic E-state index is 0.181. The van der Waals surface area contributed by atoms with E-state index in [4.69, 9.17) is 14.0 Å². The minimum Gasteiger partial charge on any atom is -0.399 e. The fourth-order valence-corrected chi connectivity index (χ4v) is 8.36. The van der Waals surface area contributed by atoms with Crippen LogP contribution in [0.5, 0.6) is 0 Å². The molecule has 9 heteroatoms. The molecular formula is C32H48BN3O5. The van der Waals surface area contributed by atoms with E-state index in [1.54, 1.807) is 0 Å². The van der Waals surface area contributed by atoms with Gasteiger partial charge in [0.25, 0.3) is 0 Å². The summed E-state index contributed by atoms with van der Waals surface area (Å²) >= 11 is 0. The number of piperidine rings is 1. The Bertz CT molecular complexity index is 1190. The Labute approximate surface area is 245 Å². The summed E-state index contributed by atoms with van der Waals surface area (Å²) in [5, 5.41) is 10.1. The highest BCUT2D eigenvalue weighted by Crippen LogP contribution is 2.52. The van der Waals surface area contributed by atoms with E-state index in [2.05, 4.69) is 74.4 Å². The highest BCUT2D eigenvalue weighted by Gasteiger charge is 2.58. The fourth-order valence-electron chi connectivity index (χ4n) is 8.36. The summed E-state index contributed by atoms with van der Waals surface area (Å²) in [7, 11) is -0.453. The number of likely N-dealkylation sites (tertiary alicyclic amines) is 2. The van der Waals surface area contributed by atoms with Gasteiger partial charge < -0.3 is 24.1 Å². The Balaban J connectivity index is 1.17. The zero-order valence-electron chi connectivity index (χ0n) is 25.8. The number of carbonyl (C=O) groups is 1. The second-order valence-electron chi connectivity index (χ2n) is 15.5. The number of hydrogen-bond acceptors (Lipinski definition) is 7. The topological polar surface area (TPSA) is 74.7 Å². The Kier molecular flexibility index (Phi) is 6.56. The molecule has 0 radical (unpaired) electrons. The van der Waals surface area contributed by atoms with E-state index in [1.165, 1.54) is 5.56 Å². The lowest BCUT2D eigenvalue weighted by Gasteiger charge is -2.48. The molecule has 0 aromatic heterocycles. The van der Waals surface area contributed by atoms with Crippen molar-refractivity contribution in [1.29, 1.82) is 0 Å². The maximum Gasteiger partial charge on any atom is 0.494 e. The molecule has 1 spiro atoms. The number of carbonyl (C=O) groups excluding carboxylic acids is 1. The van der Waals surface area contributed by atoms with E-state index in [0.29, 0.717) is 12.1 Å². The summed E-state index contributed by atoms with van der Waals surface area (Å²) in [5.74, 6) is 0.284. The molecule has 41 heavy (non-hydrogen) atoms. The van der Waals surface area contributed by atoms with Crippen molar-refractivity contribution in [2.45, 2.75) is 114 Å². The predicted octanol–water partition coefficient (Wildman–Crippen LogP) is 2.69. The van der Waals surface area contributed by atoms with E-state index in [0.717, 1.165) is 76.1 Å². The first-order chi connectivity index (χ1) is 19.3. The van der Waals surface area contributed by atoms with Crippen LogP contribution in [-0.4, -0.2) is 103 Å². The van der Waals surface area contributed by atoms with E-state index >= 15 is 0 Å². The van der Waals surface area contributed by atoms with E-state index < -0.39 is 23.7 Å². The first-order valence-electron chi connectivity index (χ1n) is 15.9. The second kappa shape index (κ2) is 9.51. The number of ether oxygens (including phenoxy) is 1. The molecule has 7 rings (SSSR count). The van der Waals surface area contributed by atoms with Crippen LogP contribution in [0, 0.1) is 5.41 Å². The molecule has 4 saturated heterocycles. The molecule has 1 atom stereocenters. The number of aliphatic hydroxyl groups is 1. The molecule has 1 aromatic carbocycles. The van der Waals surface area contributed by atoms with E-state index in [1.807, 2.05) is 0 Å². The number of amides is 1. The Morgan fingerprint density at radius 3 is 2.20 bits per heavy atom. The third-order valence-electron chi connectivity index (χ3n) is 11.7. The summed E-state index contributed by atoms with van der Waals surface area (Å²) in [6, 6.07) is 7.85. The first-order valence-corrected chi connectivity index (χ1v) is 15.9. The second-order valence-corrected chi connectivity index (χ2v) is 15.5. The molecule has 224 valence electrons. The summed E-state index contributed by atoms with van der Waals surface area (Å²) in [6.07, 6.45) is 4.65. The van der Waals surface area contributed by atoms with Crippen LogP contribution in [0.15, 0.2) is 18.2 Å². The first kappa shape index (κ1) is 28.3. The molecule has 8 nitrogen and oxygen atoms in total. The number of anilines is 1. The lowest BCUT2D eigenvalue weighted by molar-refractivity contribution is -0.128. The number of hydrogen-bond donors (Lipinski definition) is 1. The highest BCUT2D eigenvalue weighted by atomic mass is 16.7. The Morgan fingerprint density at radius 2 is 1.61 bits per heavy atom. The van der Waals surface area contributed by atoms with Crippen LogP contribution in [0.2, 0.25) is 0 Å². The highest BCUT2D eigenvalue weighted by molar-refractivity contribution is 6.62. The van der Waals surface area contributed by atoms with Crippen LogP contribution in [0.4, 0.5) is 5.69 Å². The quantitative estimate of drug-likeness (QED) is 0.551. The number of rotatable bonds is 5. The molecule has 5 heterocycles. The largest absolute Gasteiger partial charge is 0.494 e. The molecule has 1 N–H and O–H groups in total. The molecule has 1 saturated carbocycles. The van der Waals surface area contributed by atoms with E-state index in [9.17, 15) is 9.90 Å². The third-order valence-corrected chi connectivity index (χ3v) is 11.7. The number of fused-ring (bicyclic) bond motifs is 2. The van der Waals surface area contributed by atoms with Crippen molar-refractivity contribution in [3.05, 3.63) is 23.8 Å². The van der Waals surface area contributed by atoms with Crippen LogP contribution in [0.25, 0.3) is 0 Å². The van der Waals surface area contributed by atoms with Crippen LogP contribution >= 0.6 is 0 Å². The van der Waals surface area contributed by atoms with Gasteiger partial charge in [0.2, 0.25) is 5.91 Å². The molecule has 5 fully saturated rings. The maximum atomic E-state index is 14.6. The summed E-state index contributed by atoms with van der Waals surface area (Å²) in [6.45, 7) is 17.6. The van der Waals surface area contributed by atoms with E-state index in [-0.39, 0.29) is 30.0 Å². The average molecular weight is 566 g/mol. The number of nitrogens with zero attached hydrogens (tertiary/aromatic N) is 3. The predicted molar refractivity (Wildman–Crippen MR) is 160 cm³/mol. The zero-order valence-corrected chi connectivity index (χ0v) is 25.8. The van der Waals surface area contributed by atoms with Gasteiger partial charge in [-0.2, -0.15) is 0 Å². The van der Waals surface area contributed by atoms with Gasteiger partial charge in [-0.15, -0.1) is 0 Å². The van der Waals surface area contributed by atoms with Crippen LogP contribution in [-0.2, 0) is 24.3 Å². The molecule has 1 amide bonds. The van der Waals surface area contributed by atoms with Crippen molar-refractivity contribution in [2.75, 3.05) is 44.4 Å². The van der Waals surface area contributed by atoms with Gasteiger partial charge in [0.1, 0.15) is 0 Å². The minimum atomic E-state index is -0.459. The van der Waals surface area contributed by atoms with Crippen molar-refractivity contribution in [1.82, 2.24) is 9.80 Å². The molecular weight excluding hydrogens is 517 g/mol. The number of benzene rings is 1. The van der Waals surface area contributed by atoms with Crippen molar-refractivity contribution < 1.29 is 23.9 Å². The van der Waals surface area contributed by atoms with Crippen LogP contribution in [0.3, 0.4) is 0 Å². The van der Waals surface area contributed by atoms with Gasteiger partial charge in [-0.25, -0.2) is 0 Å². The fraction of sp³-hybridized carbons (Fsp3) is 0.781. The zero-order chi connectivity index (χ0) is 28.9. The monoisotopic (exact) mass is 565 g/mol. The lowest BCUT2D eigenvalue weighted by atomic mass is 9.71. The Morgan fingerprint density at radius 1 is 0.951 bits per heavy atom. The third kappa shape index (κ3) is 4.36. The summed E-state index contributed by atoms with van der Waals surface area (Å²) in [5.41, 5.74) is 2.16. The van der Waals surface area contributed by atoms with Gasteiger partial charge in [-0.1, -0.05) is 26.0 Å². The molecule has 1 aliphatic carbocycles. The van der Waals surface area contributed by atoms with Crippen LogP contribution < -0.4 is 10.4 Å². The smallest absolute Gasteiger partial charge is 0.399 e. The summed E-state index contributed by atoms with van der Waals surface area (Å²) < 4.78 is 18.3. The summed E-state index contributed by atoms with van der Waals surface area (Å²) in [4.78, 5) is 21.8. The van der Waals surface area contributed by atoms with Gasteiger partial charge >= 0.3 is 7.12 Å². The normalized spacial score (nSPS) is 34.2. The number of aliphatic hydroxyl groups excluding tert-OH is 1. The van der Waals surface area contributed by atoms with Gasteiger partial charge in [0.05, 0.1) is 42.5 Å². The van der Waals surface area contributed by atoms with Crippen molar-refractivity contribution in [3.63, 3.8) is 0 Å². The molecule has 6 aliphatic rings. The van der Waals surface area contributed by atoms with Crippen molar-refractivity contribution >= 4 is 24.2 Å². The lowest BCUT2D eigenvalue weighted by Crippen LogP contribution is -2.60. The molecule has 1 aromatic rings. The standard InChI is InChI=1S/C32H48BN3O5/c1-29(2)16-24(17-37)35(20-29)22-14-23(15-22)36-27-13-21(33-40-30(3,4)31(5,6)41-33)7-8-26(27)32(28(36)38)9-11-34(12-10-32)25-18-39-19-25/h7-8,13,22-25,37H,9-12,14-20H2,1-6H3/t22-,23+,24-/m0/s1. The van der Waals surface area contributed by atoms with Gasteiger partial charge in [0.15, 0.2) is 0 Å². The SMILES string of the molecule is CC1(C)C[C@@H](CO)N([C@H]2C[C@@H](N3C(=O)C4(CCN(C5COC5)CC4)c4ccc(B5OC(C)(C)C(C)(C)O5)cc43)C2)C1. The Hall–Kier alpha value is -1.49. The average Bonchev–Trinajstić information content (AvgIpc) is 3.37. The molecule has 0 unspecified atom stereocenters. The molecule has 0 bridgehead atoms. The molecule has 5 aliphatic heterocycles. The van der Waals surface area contributed by atoms with Crippen LogP contribution in [0.1, 0.15) is 79.2 Å².